The monoisotopic (exact) mass is 366 g/mol. The van der Waals surface area contributed by atoms with Crippen molar-refractivity contribution < 1.29 is 22.3 Å². The fraction of sp³-hybridized carbons (Fsp3) is 0.235. The Morgan fingerprint density at radius 1 is 1.12 bits per heavy atom. The molecule has 0 aliphatic rings. The molecule has 0 saturated heterocycles. The standard InChI is InChI=1S/C17H19FN2O4S/c1-3-17(21)19-15-11-12(9-10-16(15)24-4-2)25(22,23)20-14-8-6-5-7-13(14)18/h5-11,20H,3-4H2,1-2H3,(H,19,21). The lowest BCUT2D eigenvalue weighted by Crippen LogP contribution is -2.16. The van der Waals surface area contributed by atoms with Crippen molar-refractivity contribution in [3.8, 4) is 5.75 Å². The first-order valence-corrected chi connectivity index (χ1v) is 9.19. The highest BCUT2D eigenvalue weighted by atomic mass is 32.2. The second-order valence-electron chi connectivity index (χ2n) is 5.08. The van der Waals surface area contributed by atoms with E-state index in [1.165, 1.54) is 36.4 Å². The van der Waals surface area contributed by atoms with E-state index in [9.17, 15) is 17.6 Å². The van der Waals surface area contributed by atoms with Gasteiger partial charge in [-0.2, -0.15) is 0 Å². The number of nitrogens with one attached hydrogen (secondary N) is 2. The highest BCUT2D eigenvalue weighted by Crippen LogP contribution is 2.29. The van der Waals surface area contributed by atoms with Crippen LogP contribution >= 0.6 is 0 Å². The minimum Gasteiger partial charge on any atom is -0.492 e. The van der Waals surface area contributed by atoms with Crippen LogP contribution in [0, 0.1) is 5.82 Å². The van der Waals surface area contributed by atoms with Crippen LogP contribution in [0.15, 0.2) is 47.4 Å². The first-order chi connectivity index (χ1) is 11.9. The lowest BCUT2D eigenvalue weighted by atomic mass is 10.3. The SMILES string of the molecule is CCOc1ccc(S(=O)(=O)Nc2ccccc2F)cc1NC(=O)CC. The van der Waals surface area contributed by atoms with Gasteiger partial charge in [-0.15, -0.1) is 0 Å². The third-order valence-electron chi connectivity index (χ3n) is 3.27. The van der Waals surface area contributed by atoms with Gasteiger partial charge < -0.3 is 10.1 Å². The van der Waals surface area contributed by atoms with Crippen LogP contribution in [-0.4, -0.2) is 20.9 Å². The van der Waals surface area contributed by atoms with E-state index in [1.54, 1.807) is 13.8 Å². The van der Waals surface area contributed by atoms with Crippen LogP contribution in [0.3, 0.4) is 0 Å². The van der Waals surface area contributed by atoms with E-state index in [0.717, 1.165) is 6.07 Å². The predicted molar refractivity (Wildman–Crippen MR) is 93.7 cm³/mol. The Morgan fingerprint density at radius 2 is 1.84 bits per heavy atom. The van der Waals surface area contributed by atoms with Gasteiger partial charge in [0.25, 0.3) is 10.0 Å². The van der Waals surface area contributed by atoms with Crippen molar-refractivity contribution >= 4 is 27.3 Å². The first kappa shape index (κ1) is 18.7. The number of para-hydroxylation sites is 1. The number of anilines is 2. The molecule has 2 N–H and O–H groups in total. The van der Waals surface area contributed by atoms with Crippen LogP contribution in [0.4, 0.5) is 15.8 Å². The number of ether oxygens (including phenoxy) is 1. The average Bonchev–Trinajstić information content (AvgIpc) is 2.58. The largest absolute Gasteiger partial charge is 0.492 e. The summed E-state index contributed by atoms with van der Waals surface area (Å²) < 4.78 is 46.3. The van der Waals surface area contributed by atoms with E-state index in [4.69, 9.17) is 4.74 Å². The van der Waals surface area contributed by atoms with Crippen molar-refractivity contribution in [1.82, 2.24) is 0 Å². The summed E-state index contributed by atoms with van der Waals surface area (Å²) in [5.74, 6) is -0.608. The Morgan fingerprint density at radius 3 is 2.48 bits per heavy atom. The Bertz CT molecular complexity index is 869. The van der Waals surface area contributed by atoms with Crippen molar-refractivity contribution in [2.45, 2.75) is 25.2 Å². The third-order valence-corrected chi connectivity index (χ3v) is 4.64. The van der Waals surface area contributed by atoms with Crippen LogP contribution in [0.1, 0.15) is 20.3 Å². The molecule has 0 aliphatic heterocycles. The molecule has 0 aromatic heterocycles. The zero-order chi connectivity index (χ0) is 18.4. The molecule has 6 nitrogen and oxygen atoms in total. The van der Waals surface area contributed by atoms with Crippen molar-refractivity contribution in [2.24, 2.45) is 0 Å². The molecule has 0 aliphatic carbocycles. The molecule has 25 heavy (non-hydrogen) atoms. The molecular formula is C17H19FN2O4S. The summed E-state index contributed by atoms with van der Waals surface area (Å²) in [6.45, 7) is 3.81. The highest BCUT2D eigenvalue weighted by Gasteiger charge is 2.19. The summed E-state index contributed by atoms with van der Waals surface area (Å²) in [7, 11) is -4.03. The minimum atomic E-state index is -4.03. The van der Waals surface area contributed by atoms with Crippen molar-refractivity contribution in [1.29, 1.82) is 0 Å². The normalized spacial score (nSPS) is 11.0. The summed E-state index contributed by atoms with van der Waals surface area (Å²) in [4.78, 5) is 11.5. The van der Waals surface area contributed by atoms with Gasteiger partial charge in [-0.05, 0) is 37.3 Å². The smallest absolute Gasteiger partial charge is 0.262 e. The van der Waals surface area contributed by atoms with E-state index in [-0.39, 0.29) is 28.6 Å². The van der Waals surface area contributed by atoms with Crippen LogP contribution in [0.5, 0.6) is 5.75 Å². The molecule has 0 spiro atoms. The Balaban J connectivity index is 2.38. The fourth-order valence-corrected chi connectivity index (χ4v) is 3.13. The summed E-state index contributed by atoms with van der Waals surface area (Å²) in [6.07, 6.45) is 0.232. The summed E-state index contributed by atoms with van der Waals surface area (Å²) in [5, 5.41) is 2.60. The number of carbonyl (C=O) groups is 1. The molecule has 8 heteroatoms. The molecule has 134 valence electrons. The zero-order valence-corrected chi connectivity index (χ0v) is 14.7. The van der Waals surface area contributed by atoms with Crippen molar-refractivity contribution in [3.63, 3.8) is 0 Å². The molecule has 0 fully saturated rings. The molecule has 2 rings (SSSR count). The van der Waals surface area contributed by atoms with Crippen LogP contribution in [0.25, 0.3) is 0 Å². The Labute approximate surface area is 146 Å². The van der Waals surface area contributed by atoms with E-state index in [2.05, 4.69) is 10.0 Å². The Hall–Kier alpha value is -2.61. The molecule has 2 aromatic rings. The van der Waals surface area contributed by atoms with Gasteiger partial charge in [0.05, 0.1) is 22.9 Å². The van der Waals surface area contributed by atoms with Gasteiger partial charge in [-0.1, -0.05) is 19.1 Å². The summed E-state index contributed by atoms with van der Waals surface area (Å²) in [6, 6.07) is 9.51. The number of carbonyl (C=O) groups excluding carboxylic acids is 1. The van der Waals surface area contributed by atoms with Gasteiger partial charge in [-0.25, -0.2) is 12.8 Å². The number of sulfonamides is 1. The molecule has 0 atom stereocenters. The number of hydrogen-bond acceptors (Lipinski definition) is 4. The lowest BCUT2D eigenvalue weighted by molar-refractivity contribution is -0.115. The van der Waals surface area contributed by atoms with E-state index in [1.807, 2.05) is 0 Å². The van der Waals surface area contributed by atoms with Gasteiger partial charge >= 0.3 is 0 Å². The van der Waals surface area contributed by atoms with Gasteiger partial charge in [0.1, 0.15) is 11.6 Å². The molecule has 0 radical (unpaired) electrons. The van der Waals surface area contributed by atoms with E-state index < -0.39 is 15.8 Å². The second-order valence-corrected chi connectivity index (χ2v) is 6.76. The maximum Gasteiger partial charge on any atom is 0.262 e. The zero-order valence-electron chi connectivity index (χ0n) is 13.9. The van der Waals surface area contributed by atoms with E-state index in [0.29, 0.717) is 12.4 Å². The van der Waals surface area contributed by atoms with Gasteiger partial charge in [0, 0.05) is 6.42 Å². The van der Waals surface area contributed by atoms with Gasteiger partial charge in [-0.3, -0.25) is 9.52 Å². The maximum absolute atomic E-state index is 13.7. The maximum atomic E-state index is 13.7. The fourth-order valence-electron chi connectivity index (χ4n) is 2.04. The van der Waals surface area contributed by atoms with Crippen LogP contribution in [-0.2, 0) is 14.8 Å². The van der Waals surface area contributed by atoms with Crippen molar-refractivity contribution in [3.05, 3.63) is 48.3 Å². The second kappa shape index (κ2) is 7.98. The lowest BCUT2D eigenvalue weighted by Gasteiger charge is -2.14. The number of halogens is 1. The summed E-state index contributed by atoms with van der Waals surface area (Å²) >= 11 is 0. The number of benzene rings is 2. The number of rotatable bonds is 7. The average molecular weight is 366 g/mol. The predicted octanol–water partition coefficient (Wildman–Crippen LogP) is 3.37. The third kappa shape index (κ3) is 4.69. The molecule has 2 aromatic carbocycles. The molecule has 0 saturated carbocycles. The number of amides is 1. The summed E-state index contributed by atoms with van der Waals surface area (Å²) in [5.41, 5.74) is 0.0839. The molecular weight excluding hydrogens is 347 g/mol. The quantitative estimate of drug-likeness (QED) is 0.787. The van der Waals surface area contributed by atoms with Crippen LogP contribution < -0.4 is 14.8 Å². The van der Waals surface area contributed by atoms with Crippen LogP contribution in [0.2, 0.25) is 0 Å². The first-order valence-electron chi connectivity index (χ1n) is 7.71. The van der Waals surface area contributed by atoms with Crippen molar-refractivity contribution in [2.75, 3.05) is 16.6 Å². The Kier molecular flexibility index (Phi) is 5.97. The van der Waals surface area contributed by atoms with Gasteiger partial charge in [0.15, 0.2) is 0 Å². The molecule has 0 bridgehead atoms. The number of hydrogen-bond donors (Lipinski definition) is 2. The minimum absolute atomic E-state index is 0.120. The molecule has 0 heterocycles. The van der Waals surface area contributed by atoms with Gasteiger partial charge in [0.2, 0.25) is 5.91 Å². The topological polar surface area (TPSA) is 84.5 Å². The molecule has 0 unspecified atom stereocenters. The highest BCUT2D eigenvalue weighted by molar-refractivity contribution is 7.92. The molecule has 1 amide bonds. The van der Waals surface area contributed by atoms with E-state index >= 15 is 0 Å².